The Kier molecular flexibility index (Phi) is 5.43. The maximum absolute atomic E-state index is 11.1. The molecule has 0 aliphatic rings. The van der Waals surface area contributed by atoms with Gasteiger partial charge in [-0.2, -0.15) is 0 Å². The van der Waals surface area contributed by atoms with E-state index >= 15 is 0 Å². The number of carbonyl (C=O) groups is 1. The molecule has 0 bridgehead atoms. The summed E-state index contributed by atoms with van der Waals surface area (Å²) in [6, 6.07) is 11.8. The highest BCUT2D eigenvalue weighted by Gasteiger charge is 2.12. The molecule has 3 nitrogen and oxygen atoms in total. The smallest absolute Gasteiger partial charge is 0.335 e. The first-order chi connectivity index (χ1) is 10.9. The second-order valence-corrected chi connectivity index (χ2v) is 6.37. The van der Waals surface area contributed by atoms with Crippen LogP contribution in [0.25, 0.3) is 0 Å². The first-order valence-electron chi connectivity index (χ1n) is 7.92. The quantitative estimate of drug-likeness (QED) is 0.835. The average molecular weight is 312 g/mol. The molecule has 1 N–H and O–H groups in total. The monoisotopic (exact) mass is 312 g/mol. The van der Waals surface area contributed by atoms with Gasteiger partial charge >= 0.3 is 5.97 Å². The zero-order chi connectivity index (χ0) is 17.0. The van der Waals surface area contributed by atoms with Crippen LogP contribution in [0.5, 0.6) is 5.75 Å². The van der Waals surface area contributed by atoms with Crippen molar-refractivity contribution in [2.45, 2.75) is 40.7 Å². The molecule has 0 atom stereocenters. The number of hydrogen-bond acceptors (Lipinski definition) is 2. The Labute approximate surface area is 137 Å². The van der Waals surface area contributed by atoms with E-state index in [1.54, 1.807) is 12.1 Å². The maximum Gasteiger partial charge on any atom is 0.335 e. The van der Waals surface area contributed by atoms with Gasteiger partial charge in [0.25, 0.3) is 0 Å². The molecule has 0 unspecified atom stereocenters. The van der Waals surface area contributed by atoms with E-state index in [4.69, 9.17) is 9.84 Å². The molecule has 0 aliphatic carbocycles. The van der Waals surface area contributed by atoms with E-state index in [0.29, 0.717) is 18.1 Å². The van der Waals surface area contributed by atoms with Crippen molar-refractivity contribution in [2.75, 3.05) is 0 Å². The zero-order valence-electron chi connectivity index (χ0n) is 14.2. The fraction of sp³-hybridized carbons (Fsp3) is 0.350. The molecule has 0 radical (unpaired) electrons. The van der Waals surface area contributed by atoms with Crippen LogP contribution in [0.3, 0.4) is 0 Å². The Morgan fingerprint density at radius 2 is 1.61 bits per heavy atom. The summed E-state index contributed by atoms with van der Waals surface area (Å²) in [7, 11) is 0. The van der Waals surface area contributed by atoms with Crippen LogP contribution in [-0.4, -0.2) is 11.1 Å². The number of rotatable bonds is 6. The van der Waals surface area contributed by atoms with Crippen molar-refractivity contribution in [2.24, 2.45) is 5.92 Å². The van der Waals surface area contributed by atoms with Crippen molar-refractivity contribution >= 4 is 5.97 Å². The standard InChI is InChI=1S/C20H24O3/c1-13(2)11-16-5-7-17(8-6-16)12-23-19-10-9-18(20(21)22)14(3)15(19)4/h5-10,13H,11-12H2,1-4H3,(H,21,22). The summed E-state index contributed by atoms with van der Waals surface area (Å²) < 4.78 is 5.87. The molecule has 0 saturated carbocycles. The van der Waals surface area contributed by atoms with Crippen molar-refractivity contribution < 1.29 is 14.6 Å². The molecule has 0 spiro atoms. The molecule has 0 aromatic heterocycles. The Morgan fingerprint density at radius 3 is 2.17 bits per heavy atom. The molecule has 2 aromatic rings. The molecular formula is C20H24O3. The first-order valence-corrected chi connectivity index (χ1v) is 7.92. The molecule has 122 valence electrons. The van der Waals surface area contributed by atoms with Crippen molar-refractivity contribution in [1.82, 2.24) is 0 Å². The maximum atomic E-state index is 11.1. The van der Waals surface area contributed by atoms with Gasteiger partial charge < -0.3 is 9.84 Å². The molecule has 0 fully saturated rings. The van der Waals surface area contributed by atoms with E-state index in [2.05, 4.69) is 38.1 Å². The minimum absolute atomic E-state index is 0.327. The fourth-order valence-corrected chi connectivity index (χ4v) is 2.59. The van der Waals surface area contributed by atoms with Crippen LogP contribution in [-0.2, 0) is 13.0 Å². The molecule has 0 amide bonds. The first kappa shape index (κ1) is 17.1. The zero-order valence-corrected chi connectivity index (χ0v) is 14.2. The predicted octanol–water partition coefficient (Wildman–Crippen LogP) is 4.78. The summed E-state index contributed by atoms with van der Waals surface area (Å²) in [5.74, 6) is 0.479. The van der Waals surface area contributed by atoms with Gasteiger partial charge in [0.1, 0.15) is 12.4 Å². The lowest BCUT2D eigenvalue weighted by Gasteiger charge is -2.13. The Hall–Kier alpha value is -2.29. The van der Waals surface area contributed by atoms with Gasteiger partial charge in [0.05, 0.1) is 5.56 Å². The molecular weight excluding hydrogens is 288 g/mol. The summed E-state index contributed by atoms with van der Waals surface area (Å²) in [5.41, 5.74) is 4.40. The van der Waals surface area contributed by atoms with Crippen molar-refractivity contribution in [1.29, 1.82) is 0 Å². The number of carboxylic acid groups (broad SMARTS) is 1. The van der Waals surface area contributed by atoms with E-state index in [-0.39, 0.29) is 0 Å². The molecule has 0 saturated heterocycles. The second-order valence-electron chi connectivity index (χ2n) is 6.37. The van der Waals surface area contributed by atoms with Gasteiger partial charge in [-0.1, -0.05) is 38.1 Å². The SMILES string of the molecule is Cc1c(OCc2ccc(CC(C)C)cc2)ccc(C(=O)O)c1C. The van der Waals surface area contributed by atoms with Crippen LogP contribution >= 0.6 is 0 Å². The summed E-state index contributed by atoms with van der Waals surface area (Å²) >= 11 is 0. The van der Waals surface area contributed by atoms with Crippen molar-refractivity contribution in [3.63, 3.8) is 0 Å². The summed E-state index contributed by atoms with van der Waals surface area (Å²) in [5, 5.41) is 9.14. The topological polar surface area (TPSA) is 46.5 Å². The molecule has 2 aromatic carbocycles. The van der Waals surface area contributed by atoms with Gasteiger partial charge in [0, 0.05) is 0 Å². The van der Waals surface area contributed by atoms with E-state index < -0.39 is 5.97 Å². The third-order valence-electron chi connectivity index (χ3n) is 4.03. The van der Waals surface area contributed by atoms with E-state index in [9.17, 15) is 4.79 Å². The Morgan fingerprint density at radius 1 is 1.00 bits per heavy atom. The van der Waals surface area contributed by atoms with Crippen LogP contribution in [0.2, 0.25) is 0 Å². The van der Waals surface area contributed by atoms with Crippen LogP contribution in [0.15, 0.2) is 36.4 Å². The number of ether oxygens (including phenoxy) is 1. The molecule has 23 heavy (non-hydrogen) atoms. The lowest BCUT2D eigenvalue weighted by atomic mass is 10.0. The van der Waals surface area contributed by atoms with Crippen LogP contribution in [0.1, 0.15) is 46.5 Å². The van der Waals surface area contributed by atoms with Crippen LogP contribution in [0.4, 0.5) is 0 Å². The molecule has 3 heteroatoms. The third-order valence-corrected chi connectivity index (χ3v) is 4.03. The largest absolute Gasteiger partial charge is 0.489 e. The number of carboxylic acids is 1. The van der Waals surface area contributed by atoms with Crippen molar-refractivity contribution in [3.8, 4) is 5.75 Å². The highest BCUT2D eigenvalue weighted by molar-refractivity contribution is 5.90. The summed E-state index contributed by atoms with van der Waals surface area (Å²) in [6.45, 7) is 8.61. The van der Waals surface area contributed by atoms with Gasteiger partial charge in [-0.15, -0.1) is 0 Å². The number of aromatic carboxylic acids is 1. The number of hydrogen-bond donors (Lipinski definition) is 1. The summed E-state index contributed by atoms with van der Waals surface area (Å²) in [4.78, 5) is 11.1. The van der Waals surface area contributed by atoms with Gasteiger partial charge in [-0.3, -0.25) is 0 Å². The van der Waals surface area contributed by atoms with Gasteiger partial charge in [-0.25, -0.2) is 4.79 Å². The fourth-order valence-electron chi connectivity index (χ4n) is 2.59. The minimum atomic E-state index is -0.905. The van der Waals surface area contributed by atoms with Crippen LogP contribution < -0.4 is 4.74 Å². The molecule has 2 rings (SSSR count). The predicted molar refractivity (Wildman–Crippen MR) is 92.2 cm³/mol. The van der Waals surface area contributed by atoms with Crippen LogP contribution in [0, 0.1) is 19.8 Å². The normalized spacial score (nSPS) is 10.8. The Bertz CT molecular complexity index is 685. The third kappa shape index (κ3) is 4.35. The molecule has 0 heterocycles. The minimum Gasteiger partial charge on any atom is -0.489 e. The van der Waals surface area contributed by atoms with Crippen molar-refractivity contribution in [3.05, 3.63) is 64.2 Å². The highest BCUT2D eigenvalue weighted by atomic mass is 16.5. The Balaban J connectivity index is 2.06. The lowest BCUT2D eigenvalue weighted by molar-refractivity contribution is 0.0696. The van der Waals surface area contributed by atoms with Gasteiger partial charge in [0.2, 0.25) is 0 Å². The molecule has 0 aliphatic heterocycles. The second kappa shape index (κ2) is 7.32. The van der Waals surface area contributed by atoms with E-state index in [1.807, 2.05) is 13.8 Å². The van der Waals surface area contributed by atoms with E-state index in [0.717, 1.165) is 28.9 Å². The lowest BCUT2D eigenvalue weighted by Crippen LogP contribution is -2.04. The number of benzene rings is 2. The highest BCUT2D eigenvalue weighted by Crippen LogP contribution is 2.25. The van der Waals surface area contributed by atoms with Gasteiger partial charge in [0.15, 0.2) is 0 Å². The summed E-state index contributed by atoms with van der Waals surface area (Å²) in [6.07, 6.45) is 1.08. The van der Waals surface area contributed by atoms with E-state index in [1.165, 1.54) is 5.56 Å². The van der Waals surface area contributed by atoms with Gasteiger partial charge in [-0.05, 0) is 60.6 Å². The average Bonchev–Trinajstić information content (AvgIpc) is 2.49.